The van der Waals surface area contributed by atoms with Gasteiger partial charge in [-0.3, -0.25) is 14.7 Å². The van der Waals surface area contributed by atoms with Crippen LogP contribution in [-0.4, -0.2) is 30.0 Å². The second kappa shape index (κ2) is 8.97. The highest BCUT2D eigenvalue weighted by Gasteiger charge is 2.24. The lowest BCUT2D eigenvalue weighted by molar-refractivity contribution is 0.0985. The zero-order valence-electron chi connectivity index (χ0n) is 17.4. The molecule has 0 atom stereocenters. The number of aromatic nitrogens is 2. The number of pyridine rings is 1. The maximum atomic E-state index is 13.6. The van der Waals surface area contributed by atoms with Crippen molar-refractivity contribution in [2.75, 3.05) is 10.7 Å². The van der Waals surface area contributed by atoms with Gasteiger partial charge >= 0.3 is 0 Å². The van der Waals surface area contributed by atoms with E-state index in [0.717, 1.165) is 21.3 Å². The number of hydrogen-bond acceptors (Lipinski definition) is 6. The molecule has 32 heavy (non-hydrogen) atoms. The van der Waals surface area contributed by atoms with E-state index in [1.54, 1.807) is 42.4 Å². The molecule has 6 nitrogen and oxygen atoms in total. The Morgan fingerprint density at radius 2 is 1.97 bits per heavy atom. The van der Waals surface area contributed by atoms with Gasteiger partial charge in [0.05, 0.1) is 27.4 Å². The number of aryl methyl sites for hydroxylation is 1. The third kappa shape index (κ3) is 4.53. The summed E-state index contributed by atoms with van der Waals surface area (Å²) in [6.07, 6.45) is 3.35. The molecule has 0 aliphatic rings. The summed E-state index contributed by atoms with van der Waals surface area (Å²) in [5, 5.41) is 1.11. The van der Waals surface area contributed by atoms with Crippen LogP contribution < -0.4 is 4.90 Å². The smallest absolute Gasteiger partial charge is 0.260 e. The van der Waals surface area contributed by atoms with Gasteiger partial charge in [-0.05, 0) is 54.4 Å². The Balaban J connectivity index is 1.81. The maximum Gasteiger partial charge on any atom is 0.260 e. The summed E-state index contributed by atoms with van der Waals surface area (Å²) >= 11 is 7.57. The van der Waals surface area contributed by atoms with Gasteiger partial charge in [0, 0.05) is 23.0 Å². The first-order valence-corrected chi connectivity index (χ1v) is 12.7. The van der Waals surface area contributed by atoms with Crippen molar-refractivity contribution in [3.8, 4) is 0 Å². The molecule has 164 valence electrons. The van der Waals surface area contributed by atoms with Crippen molar-refractivity contribution in [3.05, 3.63) is 82.6 Å². The summed E-state index contributed by atoms with van der Waals surface area (Å²) in [5.74, 6) is -0.382. The fourth-order valence-electron chi connectivity index (χ4n) is 3.30. The van der Waals surface area contributed by atoms with Crippen LogP contribution in [0.15, 0.2) is 65.8 Å². The van der Waals surface area contributed by atoms with Crippen molar-refractivity contribution in [1.82, 2.24) is 9.97 Å². The van der Waals surface area contributed by atoms with E-state index in [-0.39, 0.29) is 28.7 Å². The minimum Gasteiger partial charge on any atom is -0.279 e. The average molecular weight is 486 g/mol. The molecular weight excluding hydrogens is 466 g/mol. The second-order valence-electron chi connectivity index (χ2n) is 7.25. The van der Waals surface area contributed by atoms with Crippen molar-refractivity contribution in [2.45, 2.75) is 25.3 Å². The normalized spacial score (nSPS) is 11.6. The van der Waals surface area contributed by atoms with Crippen LogP contribution >= 0.6 is 22.9 Å². The van der Waals surface area contributed by atoms with Gasteiger partial charge in [-0.2, -0.15) is 0 Å². The lowest BCUT2D eigenvalue weighted by Crippen LogP contribution is -2.30. The molecule has 2 aromatic carbocycles. The Morgan fingerprint density at radius 3 is 2.69 bits per heavy atom. The molecule has 0 unspecified atom stereocenters. The molecule has 0 spiro atoms. The molecule has 0 saturated carbocycles. The van der Waals surface area contributed by atoms with Crippen molar-refractivity contribution < 1.29 is 13.2 Å². The van der Waals surface area contributed by atoms with Gasteiger partial charge in [0.15, 0.2) is 15.0 Å². The minimum absolute atomic E-state index is 0.0397. The number of rotatable bonds is 6. The highest BCUT2D eigenvalue weighted by atomic mass is 35.5. The number of carbonyl (C=O) groups is 1. The number of benzene rings is 2. The number of halogens is 1. The summed E-state index contributed by atoms with van der Waals surface area (Å²) < 4.78 is 25.5. The van der Waals surface area contributed by atoms with E-state index in [1.165, 1.54) is 23.5 Å². The van der Waals surface area contributed by atoms with Crippen molar-refractivity contribution >= 4 is 54.0 Å². The SMILES string of the molecule is CCS(=O)(=O)c1cccc(C(=O)N(Cc2cccnc2)c2nc3c(C)cc(Cl)cc3s2)c1. The topological polar surface area (TPSA) is 80.2 Å². The first-order valence-electron chi connectivity index (χ1n) is 9.89. The van der Waals surface area contributed by atoms with Crippen LogP contribution in [0.3, 0.4) is 0 Å². The molecule has 4 rings (SSSR count). The monoisotopic (exact) mass is 485 g/mol. The number of nitrogens with zero attached hydrogens (tertiary/aromatic N) is 3. The molecule has 0 fully saturated rings. The minimum atomic E-state index is -3.44. The Hall–Kier alpha value is -2.81. The number of amides is 1. The third-order valence-electron chi connectivity index (χ3n) is 5.00. The number of sulfone groups is 1. The second-order valence-corrected chi connectivity index (χ2v) is 11.0. The van der Waals surface area contributed by atoms with Gasteiger partial charge in [-0.1, -0.05) is 42.0 Å². The number of anilines is 1. The van der Waals surface area contributed by atoms with Gasteiger partial charge in [0.1, 0.15) is 0 Å². The van der Waals surface area contributed by atoms with Crippen molar-refractivity contribution in [2.24, 2.45) is 0 Å². The predicted octanol–water partition coefficient (Wildman–Crippen LogP) is 5.29. The van der Waals surface area contributed by atoms with E-state index in [2.05, 4.69) is 4.98 Å². The zero-order chi connectivity index (χ0) is 22.9. The van der Waals surface area contributed by atoms with E-state index >= 15 is 0 Å². The molecule has 0 bridgehead atoms. The average Bonchev–Trinajstić information content (AvgIpc) is 3.22. The van der Waals surface area contributed by atoms with E-state index in [0.29, 0.717) is 10.2 Å². The molecule has 2 heterocycles. The van der Waals surface area contributed by atoms with E-state index in [4.69, 9.17) is 16.6 Å². The van der Waals surface area contributed by atoms with E-state index < -0.39 is 9.84 Å². The lowest BCUT2D eigenvalue weighted by Gasteiger charge is -2.20. The molecule has 1 amide bonds. The quantitative estimate of drug-likeness (QED) is 0.370. The van der Waals surface area contributed by atoms with Gasteiger partial charge in [-0.25, -0.2) is 13.4 Å². The van der Waals surface area contributed by atoms with Crippen LogP contribution in [0, 0.1) is 6.92 Å². The van der Waals surface area contributed by atoms with Crippen LogP contribution in [0.1, 0.15) is 28.4 Å². The van der Waals surface area contributed by atoms with E-state index in [1.807, 2.05) is 25.1 Å². The first-order chi connectivity index (χ1) is 15.3. The molecule has 0 aliphatic heterocycles. The standard InChI is InChI=1S/C23H20ClN3O3S2/c1-3-32(29,30)19-8-4-7-17(11-19)22(28)27(14-16-6-5-9-25-13-16)23-26-21-15(2)10-18(24)12-20(21)31-23/h4-13H,3,14H2,1-2H3. The number of thiazole rings is 1. The van der Waals surface area contributed by atoms with Crippen LogP contribution in [0.4, 0.5) is 5.13 Å². The van der Waals surface area contributed by atoms with Gasteiger partial charge in [0.2, 0.25) is 0 Å². The molecule has 0 aliphatic carbocycles. The highest BCUT2D eigenvalue weighted by Crippen LogP contribution is 2.34. The zero-order valence-corrected chi connectivity index (χ0v) is 19.8. The molecule has 0 N–H and O–H groups in total. The Labute approximate surface area is 195 Å². The van der Waals surface area contributed by atoms with Gasteiger partial charge in [0.25, 0.3) is 5.91 Å². The van der Waals surface area contributed by atoms with Crippen LogP contribution in [-0.2, 0) is 16.4 Å². The molecule has 4 aromatic rings. The molecule has 2 aromatic heterocycles. The van der Waals surface area contributed by atoms with Crippen LogP contribution in [0.5, 0.6) is 0 Å². The van der Waals surface area contributed by atoms with Crippen LogP contribution in [0.25, 0.3) is 10.2 Å². The van der Waals surface area contributed by atoms with Crippen molar-refractivity contribution in [3.63, 3.8) is 0 Å². The Bertz CT molecular complexity index is 1400. The highest BCUT2D eigenvalue weighted by molar-refractivity contribution is 7.91. The maximum absolute atomic E-state index is 13.6. The summed E-state index contributed by atoms with van der Waals surface area (Å²) in [4.78, 5) is 24.1. The molecule has 9 heteroatoms. The van der Waals surface area contributed by atoms with Crippen LogP contribution in [0.2, 0.25) is 5.02 Å². The summed E-state index contributed by atoms with van der Waals surface area (Å²) in [6, 6.07) is 13.5. The first kappa shape index (κ1) is 22.4. The molecule has 0 radical (unpaired) electrons. The summed E-state index contributed by atoms with van der Waals surface area (Å²) in [5.41, 5.74) is 2.80. The predicted molar refractivity (Wildman–Crippen MR) is 128 cm³/mol. The largest absolute Gasteiger partial charge is 0.279 e. The van der Waals surface area contributed by atoms with Crippen molar-refractivity contribution in [1.29, 1.82) is 0 Å². The fraction of sp³-hybridized carbons (Fsp3) is 0.174. The Morgan fingerprint density at radius 1 is 1.16 bits per heavy atom. The van der Waals surface area contributed by atoms with E-state index in [9.17, 15) is 13.2 Å². The van der Waals surface area contributed by atoms with Gasteiger partial charge in [-0.15, -0.1) is 0 Å². The summed E-state index contributed by atoms with van der Waals surface area (Å²) in [6.45, 7) is 3.74. The lowest BCUT2D eigenvalue weighted by atomic mass is 10.2. The number of fused-ring (bicyclic) bond motifs is 1. The number of carbonyl (C=O) groups excluding carboxylic acids is 1. The van der Waals surface area contributed by atoms with Gasteiger partial charge < -0.3 is 0 Å². The Kier molecular flexibility index (Phi) is 6.28. The molecular formula is C23H20ClN3O3S2. The molecule has 0 saturated heterocycles. The number of hydrogen-bond donors (Lipinski definition) is 0. The fourth-order valence-corrected chi connectivity index (χ4v) is 5.65. The third-order valence-corrected chi connectivity index (χ3v) is 7.97. The summed E-state index contributed by atoms with van der Waals surface area (Å²) in [7, 11) is -3.44.